The van der Waals surface area contributed by atoms with E-state index in [0.717, 1.165) is 0 Å². The molecule has 3 N–H and O–H groups in total. The summed E-state index contributed by atoms with van der Waals surface area (Å²) in [6, 6.07) is 0. The van der Waals surface area contributed by atoms with E-state index in [2.05, 4.69) is 16.5 Å². The smallest absolute Gasteiger partial charge is 0.330 e. The number of hydrogen-bond donors (Lipinski definition) is 2. The second-order valence-electron chi connectivity index (χ2n) is 2.42. The first-order valence-electron chi connectivity index (χ1n) is 3.67. The fraction of sp³-hybridized carbons (Fsp3) is 0.571. The molecule has 0 aliphatic heterocycles. The van der Waals surface area contributed by atoms with Gasteiger partial charge in [0.2, 0.25) is 0 Å². The second-order valence-corrected chi connectivity index (χ2v) is 3.51. The lowest BCUT2D eigenvalue weighted by Crippen LogP contribution is -2.15. The van der Waals surface area contributed by atoms with E-state index in [4.69, 9.17) is 10.3 Å². The molecule has 0 fully saturated rings. The van der Waals surface area contributed by atoms with Gasteiger partial charge >= 0.3 is 10.4 Å². The lowest BCUT2D eigenvalue weighted by Gasteiger charge is -2.08. The van der Waals surface area contributed by atoms with Crippen LogP contribution in [-0.4, -0.2) is 26.1 Å². The summed E-state index contributed by atoms with van der Waals surface area (Å²) in [6.07, 6.45) is 2.11. The van der Waals surface area contributed by atoms with Crippen molar-refractivity contribution in [1.82, 2.24) is 0 Å². The first kappa shape index (κ1) is 12.3. The highest BCUT2D eigenvalue weighted by Crippen LogP contribution is 2.05. The first-order chi connectivity index (χ1) is 5.99. The molecule has 1 atom stereocenters. The topological polar surface area (TPSA) is 89.6 Å². The Hall–Kier alpha value is -0.650. The van der Waals surface area contributed by atoms with Gasteiger partial charge in [-0.3, -0.25) is 4.55 Å². The lowest BCUT2D eigenvalue weighted by atomic mass is 10.1. The summed E-state index contributed by atoms with van der Waals surface area (Å²) in [4.78, 5) is 0. The fourth-order valence-electron chi connectivity index (χ4n) is 0.769. The Kier molecular flexibility index (Phi) is 5.61. The van der Waals surface area contributed by atoms with E-state index in [9.17, 15) is 8.42 Å². The van der Waals surface area contributed by atoms with Crippen molar-refractivity contribution in [2.24, 2.45) is 11.7 Å². The number of rotatable bonds is 6. The molecule has 76 valence electrons. The molecule has 5 nitrogen and oxygen atoms in total. The maximum Gasteiger partial charge on any atom is 0.397 e. The molecular weight excluding hydrogens is 194 g/mol. The van der Waals surface area contributed by atoms with Gasteiger partial charge in [0.1, 0.15) is 0 Å². The first-order valence-corrected chi connectivity index (χ1v) is 5.04. The Morgan fingerprint density at radius 3 is 2.69 bits per heavy atom. The van der Waals surface area contributed by atoms with Gasteiger partial charge in [-0.15, -0.1) is 5.73 Å². The maximum absolute atomic E-state index is 10.2. The molecule has 13 heavy (non-hydrogen) atoms. The summed E-state index contributed by atoms with van der Waals surface area (Å²) < 4.78 is 32.8. The van der Waals surface area contributed by atoms with Crippen molar-refractivity contribution in [2.45, 2.75) is 6.42 Å². The molecule has 0 aromatic rings. The van der Waals surface area contributed by atoms with Crippen molar-refractivity contribution in [3.8, 4) is 0 Å². The largest absolute Gasteiger partial charge is 0.397 e. The molecule has 1 unspecified atom stereocenters. The predicted octanol–water partition coefficient (Wildman–Crippen LogP) is 0.112. The highest BCUT2D eigenvalue weighted by Gasteiger charge is 2.10. The molecule has 0 aliphatic carbocycles. The minimum Gasteiger partial charge on any atom is -0.330 e. The maximum atomic E-state index is 10.2. The van der Waals surface area contributed by atoms with E-state index in [0.29, 0.717) is 13.0 Å². The minimum atomic E-state index is -4.36. The van der Waals surface area contributed by atoms with E-state index in [-0.39, 0.29) is 12.5 Å². The van der Waals surface area contributed by atoms with Crippen LogP contribution in [0.1, 0.15) is 6.42 Å². The third-order valence-corrected chi connectivity index (χ3v) is 1.76. The van der Waals surface area contributed by atoms with Gasteiger partial charge in [0.05, 0.1) is 6.61 Å². The van der Waals surface area contributed by atoms with Gasteiger partial charge in [-0.1, -0.05) is 6.58 Å². The van der Waals surface area contributed by atoms with E-state index in [1.54, 1.807) is 6.08 Å². The Morgan fingerprint density at radius 2 is 2.31 bits per heavy atom. The zero-order valence-corrected chi connectivity index (χ0v) is 7.96. The van der Waals surface area contributed by atoms with Crippen molar-refractivity contribution in [3.63, 3.8) is 0 Å². The standard InChI is InChI=1S/C7H13NO4S/c1-2-3-7(4-5-8)6-12-13(9,10)11/h3,7H,1,4-6,8H2,(H,9,10,11). The molecule has 0 saturated heterocycles. The van der Waals surface area contributed by atoms with Crippen LogP contribution in [0.2, 0.25) is 0 Å². The van der Waals surface area contributed by atoms with Gasteiger partial charge in [0.25, 0.3) is 0 Å². The quantitative estimate of drug-likeness (QED) is 0.476. The predicted molar refractivity (Wildman–Crippen MR) is 48.4 cm³/mol. The molecular formula is C7H13NO4S. The molecule has 0 amide bonds. The third kappa shape index (κ3) is 7.70. The Bertz CT molecular complexity index is 279. The van der Waals surface area contributed by atoms with E-state index < -0.39 is 10.4 Å². The van der Waals surface area contributed by atoms with E-state index in [1.807, 2.05) is 0 Å². The zero-order valence-electron chi connectivity index (χ0n) is 7.14. The summed E-state index contributed by atoms with van der Waals surface area (Å²) in [5.41, 5.74) is 7.77. The van der Waals surface area contributed by atoms with Gasteiger partial charge in [0.15, 0.2) is 0 Å². The van der Waals surface area contributed by atoms with Crippen LogP contribution in [0.4, 0.5) is 0 Å². The molecule has 0 radical (unpaired) electrons. The average molecular weight is 207 g/mol. The molecule has 0 aromatic carbocycles. The summed E-state index contributed by atoms with van der Waals surface area (Å²) in [5.74, 6) is -0.190. The van der Waals surface area contributed by atoms with E-state index in [1.165, 1.54) is 0 Å². The second kappa shape index (κ2) is 5.90. The lowest BCUT2D eigenvalue weighted by molar-refractivity contribution is 0.237. The molecule has 0 aromatic heterocycles. The van der Waals surface area contributed by atoms with Crippen LogP contribution < -0.4 is 5.73 Å². The van der Waals surface area contributed by atoms with Crippen molar-refractivity contribution in [3.05, 3.63) is 18.4 Å². The number of nitrogens with two attached hydrogens (primary N) is 1. The van der Waals surface area contributed by atoms with Crippen molar-refractivity contribution in [2.75, 3.05) is 13.2 Å². The molecule has 0 saturated carbocycles. The molecule has 0 bridgehead atoms. The van der Waals surface area contributed by atoms with Crippen molar-refractivity contribution < 1.29 is 17.2 Å². The van der Waals surface area contributed by atoms with Crippen LogP contribution >= 0.6 is 0 Å². The Balaban J connectivity index is 4.03. The van der Waals surface area contributed by atoms with Crippen LogP contribution in [0.25, 0.3) is 0 Å². The van der Waals surface area contributed by atoms with E-state index >= 15 is 0 Å². The highest BCUT2D eigenvalue weighted by molar-refractivity contribution is 7.80. The normalized spacial score (nSPS) is 13.4. The summed E-state index contributed by atoms with van der Waals surface area (Å²) in [5, 5.41) is 0. The van der Waals surface area contributed by atoms with Gasteiger partial charge < -0.3 is 5.73 Å². The van der Waals surface area contributed by atoms with Crippen LogP contribution in [0.15, 0.2) is 18.4 Å². The van der Waals surface area contributed by atoms with Gasteiger partial charge in [-0.05, 0) is 19.0 Å². The monoisotopic (exact) mass is 207 g/mol. The summed E-state index contributed by atoms with van der Waals surface area (Å²) >= 11 is 0. The highest BCUT2D eigenvalue weighted by atomic mass is 32.3. The van der Waals surface area contributed by atoms with Crippen LogP contribution in [0.5, 0.6) is 0 Å². The van der Waals surface area contributed by atoms with Crippen molar-refractivity contribution in [1.29, 1.82) is 0 Å². The summed E-state index contributed by atoms with van der Waals surface area (Å²) in [6.45, 7) is 3.60. The fourth-order valence-corrected chi connectivity index (χ4v) is 1.12. The van der Waals surface area contributed by atoms with Gasteiger partial charge in [-0.2, -0.15) is 8.42 Å². The molecule has 0 spiro atoms. The molecule has 0 rings (SSSR count). The third-order valence-electron chi connectivity index (χ3n) is 1.32. The van der Waals surface area contributed by atoms with Gasteiger partial charge in [0, 0.05) is 5.92 Å². The van der Waals surface area contributed by atoms with Crippen LogP contribution in [-0.2, 0) is 14.6 Å². The zero-order chi connectivity index (χ0) is 10.3. The SMILES string of the molecule is C=C=CC(CCN)COS(=O)(=O)O. The van der Waals surface area contributed by atoms with Gasteiger partial charge in [-0.25, -0.2) is 4.18 Å². The summed E-state index contributed by atoms with van der Waals surface area (Å²) in [7, 11) is -4.36. The average Bonchev–Trinajstić information content (AvgIpc) is 2.00. The minimum absolute atomic E-state index is 0.140. The molecule has 0 heterocycles. The van der Waals surface area contributed by atoms with Crippen molar-refractivity contribution >= 4 is 10.4 Å². The molecule has 0 aliphatic rings. The number of hydrogen-bond acceptors (Lipinski definition) is 4. The van der Waals surface area contributed by atoms with Crippen LogP contribution in [0, 0.1) is 5.92 Å². The Labute approximate surface area is 77.8 Å². The van der Waals surface area contributed by atoms with Crippen LogP contribution in [0.3, 0.4) is 0 Å². The molecule has 6 heteroatoms. The Morgan fingerprint density at radius 1 is 1.69 bits per heavy atom.